The summed E-state index contributed by atoms with van der Waals surface area (Å²) in [6.07, 6.45) is 0. The van der Waals surface area contributed by atoms with Crippen molar-refractivity contribution in [2.45, 2.75) is 33.7 Å². The molecule has 2 rings (SSSR count). The molecule has 0 unspecified atom stereocenters. The molecule has 6 nitrogen and oxygen atoms in total. The van der Waals surface area contributed by atoms with E-state index in [0.717, 1.165) is 5.69 Å². The van der Waals surface area contributed by atoms with Gasteiger partial charge in [-0.15, -0.1) is 10.2 Å². The Morgan fingerprint density at radius 1 is 1.00 bits per heavy atom. The van der Waals surface area contributed by atoms with Crippen molar-refractivity contribution in [1.29, 1.82) is 0 Å². The zero-order valence-electron chi connectivity index (χ0n) is 13.3. The molecule has 1 aromatic carbocycles. The molecule has 2 amide bonds. The molecule has 2 aromatic rings. The molecule has 0 spiro atoms. The van der Waals surface area contributed by atoms with Gasteiger partial charge in [0.1, 0.15) is 0 Å². The lowest BCUT2D eigenvalue weighted by Gasteiger charge is -2.10. The van der Waals surface area contributed by atoms with Crippen LogP contribution in [-0.4, -0.2) is 22.3 Å². The van der Waals surface area contributed by atoms with Gasteiger partial charge in [-0.1, -0.05) is 6.07 Å². The van der Waals surface area contributed by atoms with Gasteiger partial charge in [0.25, 0.3) is 0 Å². The van der Waals surface area contributed by atoms with E-state index in [4.69, 9.17) is 0 Å². The molecule has 0 aliphatic heterocycles. The number of hydrogen-bond acceptors (Lipinski definition) is 4. The average molecular weight is 299 g/mol. The Morgan fingerprint density at radius 2 is 1.68 bits per heavy atom. The maximum atomic E-state index is 11.6. The Bertz CT molecular complexity index is 652. The first-order valence-corrected chi connectivity index (χ1v) is 7.19. The van der Waals surface area contributed by atoms with Gasteiger partial charge < -0.3 is 10.6 Å². The van der Waals surface area contributed by atoms with Crippen LogP contribution in [0.1, 0.15) is 25.0 Å². The van der Waals surface area contributed by atoms with Crippen LogP contribution in [0, 0.1) is 13.8 Å². The minimum absolute atomic E-state index is 0.0682. The summed E-state index contributed by atoms with van der Waals surface area (Å²) in [4.78, 5) is 11.6. The van der Waals surface area contributed by atoms with Gasteiger partial charge in [0.05, 0.1) is 0 Å². The van der Waals surface area contributed by atoms with Crippen LogP contribution in [0.3, 0.4) is 0 Å². The van der Waals surface area contributed by atoms with Crippen LogP contribution in [-0.2, 0) is 0 Å². The molecule has 0 bridgehead atoms. The standard InChI is InChI=1S/C16H21N5O/c1-10(2)17-16(22)19-15-8-7-14(20-21-15)18-13-6-5-11(3)12(4)9-13/h5-10H,1-4H3,(H,18,20)(H2,17,19,21,22). The van der Waals surface area contributed by atoms with Gasteiger partial charge in [0.15, 0.2) is 11.6 Å². The SMILES string of the molecule is Cc1ccc(Nc2ccc(NC(=O)NC(C)C)nn2)cc1C. The normalized spacial score (nSPS) is 10.4. The van der Waals surface area contributed by atoms with E-state index in [1.54, 1.807) is 12.1 Å². The van der Waals surface area contributed by atoms with Gasteiger partial charge in [0, 0.05) is 11.7 Å². The molecule has 0 aliphatic carbocycles. The smallest absolute Gasteiger partial charge is 0.320 e. The van der Waals surface area contributed by atoms with Gasteiger partial charge in [-0.3, -0.25) is 5.32 Å². The van der Waals surface area contributed by atoms with Crippen LogP contribution < -0.4 is 16.0 Å². The van der Waals surface area contributed by atoms with E-state index < -0.39 is 0 Å². The third-order valence-corrected chi connectivity index (χ3v) is 3.11. The average Bonchev–Trinajstić information content (AvgIpc) is 2.44. The number of urea groups is 1. The van der Waals surface area contributed by atoms with E-state index in [2.05, 4.69) is 52.1 Å². The molecule has 1 heterocycles. The highest BCUT2D eigenvalue weighted by atomic mass is 16.2. The quantitative estimate of drug-likeness (QED) is 0.808. The van der Waals surface area contributed by atoms with Crippen LogP contribution in [0.5, 0.6) is 0 Å². The number of carbonyl (C=O) groups is 1. The van der Waals surface area contributed by atoms with Crippen LogP contribution in [0.4, 0.5) is 22.1 Å². The zero-order chi connectivity index (χ0) is 16.1. The lowest BCUT2D eigenvalue weighted by Crippen LogP contribution is -2.34. The summed E-state index contributed by atoms with van der Waals surface area (Å²) < 4.78 is 0. The maximum absolute atomic E-state index is 11.6. The van der Waals surface area contributed by atoms with Gasteiger partial charge in [0.2, 0.25) is 0 Å². The Balaban J connectivity index is 1.99. The highest BCUT2D eigenvalue weighted by molar-refractivity contribution is 5.88. The number of rotatable bonds is 4. The lowest BCUT2D eigenvalue weighted by molar-refractivity contribution is 0.250. The summed E-state index contributed by atoms with van der Waals surface area (Å²) >= 11 is 0. The predicted octanol–water partition coefficient (Wildman–Crippen LogP) is 3.37. The number of aromatic nitrogens is 2. The first-order valence-electron chi connectivity index (χ1n) is 7.19. The monoisotopic (exact) mass is 299 g/mol. The second-order valence-electron chi connectivity index (χ2n) is 5.48. The molecular weight excluding hydrogens is 278 g/mol. The van der Waals surface area contributed by atoms with E-state index in [1.165, 1.54) is 11.1 Å². The molecule has 0 saturated heterocycles. The second kappa shape index (κ2) is 6.89. The number of aryl methyl sites for hydroxylation is 2. The molecule has 0 atom stereocenters. The summed E-state index contributed by atoms with van der Waals surface area (Å²) in [5, 5.41) is 16.6. The molecule has 0 saturated carbocycles. The molecule has 0 aliphatic rings. The fourth-order valence-corrected chi connectivity index (χ4v) is 1.85. The maximum Gasteiger partial charge on any atom is 0.320 e. The Morgan fingerprint density at radius 3 is 2.27 bits per heavy atom. The van der Waals surface area contributed by atoms with E-state index >= 15 is 0 Å². The van der Waals surface area contributed by atoms with Crippen molar-refractivity contribution in [3.63, 3.8) is 0 Å². The highest BCUT2D eigenvalue weighted by Gasteiger charge is 2.05. The van der Waals surface area contributed by atoms with Crippen molar-refractivity contribution in [2.24, 2.45) is 0 Å². The zero-order valence-corrected chi connectivity index (χ0v) is 13.3. The Kier molecular flexibility index (Phi) is 4.93. The van der Waals surface area contributed by atoms with Crippen molar-refractivity contribution >= 4 is 23.4 Å². The Labute approximate surface area is 130 Å². The number of carbonyl (C=O) groups excluding carboxylic acids is 1. The number of benzene rings is 1. The topological polar surface area (TPSA) is 78.9 Å². The van der Waals surface area contributed by atoms with Crippen molar-refractivity contribution in [3.8, 4) is 0 Å². The van der Waals surface area contributed by atoms with E-state index in [1.807, 2.05) is 19.9 Å². The van der Waals surface area contributed by atoms with Crippen LogP contribution >= 0.6 is 0 Å². The lowest BCUT2D eigenvalue weighted by atomic mass is 10.1. The largest absolute Gasteiger partial charge is 0.339 e. The third kappa shape index (κ3) is 4.44. The summed E-state index contributed by atoms with van der Waals surface area (Å²) in [6.45, 7) is 7.91. The van der Waals surface area contributed by atoms with Crippen LogP contribution in [0.2, 0.25) is 0 Å². The fourth-order valence-electron chi connectivity index (χ4n) is 1.85. The van der Waals surface area contributed by atoms with Gasteiger partial charge >= 0.3 is 6.03 Å². The van der Waals surface area contributed by atoms with Crippen LogP contribution in [0.25, 0.3) is 0 Å². The number of amides is 2. The predicted molar refractivity (Wildman–Crippen MR) is 88.5 cm³/mol. The first kappa shape index (κ1) is 15.8. The molecule has 6 heteroatoms. The third-order valence-electron chi connectivity index (χ3n) is 3.11. The van der Waals surface area contributed by atoms with Crippen LogP contribution in [0.15, 0.2) is 30.3 Å². The number of anilines is 3. The molecule has 1 aromatic heterocycles. The van der Waals surface area contributed by atoms with Crippen molar-refractivity contribution in [1.82, 2.24) is 15.5 Å². The molecule has 22 heavy (non-hydrogen) atoms. The molecule has 0 fully saturated rings. The number of hydrogen-bond donors (Lipinski definition) is 3. The summed E-state index contributed by atoms with van der Waals surface area (Å²) in [6, 6.07) is 9.35. The molecule has 116 valence electrons. The van der Waals surface area contributed by atoms with E-state index in [-0.39, 0.29) is 12.1 Å². The van der Waals surface area contributed by atoms with Crippen molar-refractivity contribution in [2.75, 3.05) is 10.6 Å². The second-order valence-corrected chi connectivity index (χ2v) is 5.48. The highest BCUT2D eigenvalue weighted by Crippen LogP contribution is 2.18. The van der Waals surface area contributed by atoms with Gasteiger partial charge in [-0.2, -0.15) is 0 Å². The fraction of sp³-hybridized carbons (Fsp3) is 0.312. The van der Waals surface area contributed by atoms with Gasteiger partial charge in [-0.05, 0) is 63.1 Å². The number of nitrogens with one attached hydrogen (secondary N) is 3. The summed E-state index contributed by atoms with van der Waals surface area (Å²) in [7, 11) is 0. The van der Waals surface area contributed by atoms with E-state index in [0.29, 0.717) is 11.6 Å². The van der Waals surface area contributed by atoms with Gasteiger partial charge in [-0.25, -0.2) is 4.79 Å². The molecule has 0 radical (unpaired) electrons. The molecule has 3 N–H and O–H groups in total. The summed E-state index contributed by atoms with van der Waals surface area (Å²) in [5.41, 5.74) is 3.41. The first-order chi connectivity index (χ1) is 10.4. The van der Waals surface area contributed by atoms with E-state index in [9.17, 15) is 4.79 Å². The minimum Gasteiger partial charge on any atom is -0.339 e. The minimum atomic E-state index is -0.292. The molecular formula is C16H21N5O. The van der Waals surface area contributed by atoms with Crippen molar-refractivity contribution in [3.05, 3.63) is 41.5 Å². The number of nitrogens with zero attached hydrogens (tertiary/aromatic N) is 2. The van der Waals surface area contributed by atoms with Crippen molar-refractivity contribution < 1.29 is 4.79 Å². The summed E-state index contributed by atoms with van der Waals surface area (Å²) in [5.74, 6) is 1.03. The Hall–Kier alpha value is -2.63.